The number of primary amides is 1. The van der Waals surface area contributed by atoms with Crippen molar-refractivity contribution in [2.24, 2.45) is 5.73 Å². The standard InChI is InChI=1S/C20H21F3N4O8/c21-10-6-12(23)11(22)4-8(10)3-9(34-19(24)32)5-15(29)25-14-1-2-27(20(33)26-14)18-17(31)16(30)13(7-28)35-18/h1-2,4,6,9,13,16-18,28,30-31H,3,5,7H2,(H2,24,32)(H,25,26,29,33)/t9-,13-,16-,17-,18-/m1/s1. The summed E-state index contributed by atoms with van der Waals surface area (Å²) in [6, 6.07) is 2.02. The number of aromatic nitrogens is 2. The van der Waals surface area contributed by atoms with E-state index < -0.39 is 85.2 Å². The summed E-state index contributed by atoms with van der Waals surface area (Å²) in [5, 5.41) is 31.2. The third kappa shape index (κ3) is 6.13. The van der Waals surface area contributed by atoms with Crippen molar-refractivity contribution in [2.45, 2.75) is 43.5 Å². The topological polar surface area (TPSA) is 186 Å². The highest BCUT2D eigenvalue weighted by molar-refractivity contribution is 5.90. The van der Waals surface area contributed by atoms with Crippen molar-refractivity contribution in [3.8, 4) is 0 Å². The van der Waals surface area contributed by atoms with Gasteiger partial charge in [-0.25, -0.2) is 22.8 Å². The van der Waals surface area contributed by atoms with Gasteiger partial charge in [-0.05, 0) is 17.7 Å². The number of hydrogen-bond acceptors (Lipinski definition) is 9. The summed E-state index contributed by atoms with van der Waals surface area (Å²) in [6.45, 7) is -0.603. The van der Waals surface area contributed by atoms with E-state index in [1.807, 2.05) is 0 Å². The van der Waals surface area contributed by atoms with Gasteiger partial charge in [0.25, 0.3) is 0 Å². The van der Waals surface area contributed by atoms with Crippen molar-refractivity contribution < 1.29 is 47.6 Å². The van der Waals surface area contributed by atoms with Gasteiger partial charge in [-0.1, -0.05) is 0 Å². The Morgan fingerprint density at radius 2 is 1.89 bits per heavy atom. The van der Waals surface area contributed by atoms with E-state index in [2.05, 4.69) is 10.3 Å². The second-order valence-electron chi connectivity index (χ2n) is 7.60. The fourth-order valence-electron chi connectivity index (χ4n) is 3.47. The molecule has 3 rings (SSSR count). The Kier molecular flexibility index (Phi) is 8.06. The predicted molar refractivity (Wildman–Crippen MR) is 109 cm³/mol. The first-order chi connectivity index (χ1) is 16.5. The van der Waals surface area contributed by atoms with Crippen molar-refractivity contribution in [2.75, 3.05) is 11.9 Å². The molecule has 1 aliphatic heterocycles. The smallest absolute Gasteiger partial charge is 0.404 e. The fourth-order valence-corrected chi connectivity index (χ4v) is 3.47. The molecule has 15 heteroatoms. The molecule has 2 aromatic rings. The number of ether oxygens (including phenoxy) is 2. The number of carbonyl (C=O) groups is 2. The maximum atomic E-state index is 13.9. The molecule has 0 bridgehead atoms. The van der Waals surface area contributed by atoms with Crippen LogP contribution in [0.5, 0.6) is 0 Å². The molecule has 1 aliphatic rings. The van der Waals surface area contributed by atoms with Gasteiger partial charge in [0.2, 0.25) is 5.91 Å². The van der Waals surface area contributed by atoms with Crippen LogP contribution in [0.3, 0.4) is 0 Å². The summed E-state index contributed by atoms with van der Waals surface area (Å²) >= 11 is 0. The second kappa shape index (κ2) is 10.8. The summed E-state index contributed by atoms with van der Waals surface area (Å²) in [7, 11) is 0. The summed E-state index contributed by atoms with van der Waals surface area (Å²) < 4.78 is 51.4. The van der Waals surface area contributed by atoms with E-state index in [-0.39, 0.29) is 11.4 Å². The quantitative estimate of drug-likeness (QED) is 0.291. The number of nitrogens with one attached hydrogen (secondary N) is 1. The molecule has 190 valence electrons. The van der Waals surface area contributed by atoms with Crippen LogP contribution in [0.25, 0.3) is 0 Å². The average Bonchev–Trinajstić information content (AvgIpc) is 3.05. The predicted octanol–water partition coefficient (Wildman–Crippen LogP) is -0.693. The van der Waals surface area contributed by atoms with Crippen molar-refractivity contribution in [3.63, 3.8) is 0 Å². The average molecular weight is 502 g/mol. The number of amides is 2. The number of carbonyl (C=O) groups excluding carboxylic acids is 2. The van der Waals surface area contributed by atoms with Gasteiger partial charge in [0.1, 0.15) is 36.1 Å². The van der Waals surface area contributed by atoms with Crippen molar-refractivity contribution in [1.29, 1.82) is 0 Å². The number of rotatable bonds is 8. The second-order valence-corrected chi connectivity index (χ2v) is 7.60. The van der Waals surface area contributed by atoms with E-state index in [9.17, 15) is 37.8 Å². The van der Waals surface area contributed by atoms with E-state index in [1.165, 1.54) is 0 Å². The van der Waals surface area contributed by atoms with Crippen molar-refractivity contribution >= 4 is 17.8 Å². The zero-order valence-electron chi connectivity index (χ0n) is 17.8. The van der Waals surface area contributed by atoms with Crippen LogP contribution in [-0.4, -0.2) is 67.9 Å². The van der Waals surface area contributed by atoms with Crippen LogP contribution in [0.4, 0.5) is 23.8 Å². The van der Waals surface area contributed by atoms with E-state index in [4.69, 9.17) is 20.3 Å². The van der Waals surface area contributed by atoms with E-state index in [1.54, 1.807) is 0 Å². The lowest BCUT2D eigenvalue weighted by Gasteiger charge is -2.18. The van der Waals surface area contributed by atoms with Gasteiger partial charge >= 0.3 is 11.8 Å². The molecule has 0 aliphatic carbocycles. The number of anilines is 1. The number of aliphatic hydroxyl groups excluding tert-OH is 3. The van der Waals surface area contributed by atoms with Crippen molar-refractivity contribution in [1.82, 2.24) is 9.55 Å². The minimum atomic E-state index is -1.53. The Morgan fingerprint density at radius 3 is 2.49 bits per heavy atom. The number of halogens is 3. The Labute approximate surface area is 194 Å². The van der Waals surface area contributed by atoms with Crippen LogP contribution in [0.15, 0.2) is 29.2 Å². The van der Waals surface area contributed by atoms with Gasteiger partial charge in [-0.2, -0.15) is 4.98 Å². The van der Waals surface area contributed by atoms with Gasteiger partial charge in [0.05, 0.1) is 13.0 Å². The molecular weight excluding hydrogens is 481 g/mol. The van der Waals surface area contributed by atoms with Gasteiger partial charge in [0.15, 0.2) is 17.9 Å². The van der Waals surface area contributed by atoms with Crippen LogP contribution in [0, 0.1) is 17.5 Å². The molecule has 0 spiro atoms. The highest BCUT2D eigenvalue weighted by atomic mass is 19.2. The molecular formula is C20H21F3N4O8. The molecule has 5 atom stereocenters. The lowest BCUT2D eigenvalue weighted by atomic mass is 10.0. The first kappa shape index (κ1) is 26.1. The van der Waals surface area contributed by atoms with E-state index in [0.29, 0.717) is 12.1 Å². The Bertz CT molecular complexity index is 1160. The number of aliphatic hydroxyl groups is 3. The largest absolute Gasteiger partial charge is 0.445 e. The van der Waals surface area contributed by atoms with Gasteiger partial charge in [-0.15, -0.1) is 0 Å². The molecule has 35 heavy (non-hydrogen) atoms. The van der Waals surface area contributed by atoms with E-state index >= 15 is 0 Å². The first-order valence-corrected chi connectivity index (χ1v) is 10.1. The van der Waals surface area contributed by atoms with Crippen LogP contribution in [0.1, 0.15) is 18.2 Å². The Hall–Kier alpha value is -3.53. The lowest BCUT2D eigenvalue weighted by Crippen LogP contribution is -2.36. The number of benzene rings is 1. The number of nitrogens with two attached hydrogens (primary N) is 1. The van der Waals surface area contributed by atoms with Gasteiger partial charge in [-0.3, -0.25) is 9.36 Å². The highest BCUT2D eigenvalue weighted by Gasteiger charge is 2.43. The zero-order chi connectivity index (χ0) is 25.9. The molecule has 12 nitrogen and oxygen atoms in total. The molecule has 1 aromatic heterocycles. The molecule has 0 unspecified atom stereocenters. The molecule has 6 N–H and O–H groups in total. The Morgan fingerprint density at radius 1 is 1.20 bits per heavy atom. The normalized spacial score (nSPS) is 22.6. The Balaban J connectivity index is 1.70. The maximum absolute atomic E-state index is 13.9. The monoisotopic (exact) mass is 502 g/mol. The van der Waals surface area contributed by atoms with Gasteiger partial charge in [0, 0.05) is 18.7 Å². The molecule has 1 aromatic carbocycles. The molecule has 1 saturated heterocycles. The number of nitrogens with zero attached hydrogens (tertiary/aromatic N) is 2. The summed E-state index contributed by atoms with van der Waals surface area (Å²) in [5.41, 5.74) is 3.61. The molecule has 0 saturated carbocycles. The maximum Gasteiger partial charge on any atom is 0.404 e. The molecule has 2 heterocycles. The fraction of sp³-hybridized carbons (Fsp3) is 0.400. The van der Waals surface area contributed by atoms with Crippen LogP contribution in [0.2, 0.25) is 0 Å². The van der Waals surface area contributed by atoms with Crippen LogP contribution >= 0.6 is 0 Å². The third-order valence-electron chi connectivity index (χ3n) is 5.12. The minimum absolute atomic E-state index is 0.250. The minimum Gasteiger partial charge on any atom is -0.445 e. The molecule has 1 fully saturated rings. The zero-order valence-corrected chi connectivity index (χ0v) is 17.8. The number of hydrogen-bond donors (Lipinski definition) is 5. The highest BCUT2D eigenvalue weighted by Crippen LogP contribution is 2.28. The van der Waals surface area contributed by atoms with Crippen LogP contribution < -0.4 is 16.7 Å². The molecule has 2 amide bonds. The van der Waals surface area contributed by atoms with E-state index in [0.717, 1.165) is 16.8 Å². The van der Waals surface area contributed by atoms with Gasteiger partial charge < -0.3 is 35.8 Å². The summed E-state index contributed by atoms with van der Waals surface area (Å²) in [4.78, 5) is 39.5. The summed E-state index contributed by atoms with van der Waals surface area (Å²) in [5.74, 6) is -4.99. The first-order valence-electron chi connectivity index (χ1n) is 10.1. The van der Waals surface area contributed by atoms with Crippen LogP contribution in [-0.2, 0) is 20.7 Å². The summed E-state index contributed by atoms with van der Waals surface area (Å²) in [6.07, 6.45) is -8.13. The molecule has 0 radical (unpaired) electrons. The lowest BCUT2D eigenvalue weighted by molar-refractivity contribution is -0.118. The van der Waals surface area contributed by atoms with Crippen molar-refractivity contribution in [3.05, 3.63) is 57.9 Å². The third-order valence-corrected chi connectivity index (χ3v) is 5.12. The SMILES string of the molecule is NC(=O)O[C@@H](CC(=O)Nc1ccn([C@@H]2O[C@H](CO)[C@@H](O)[C@H]2O)c(=O)n1)Cc1cc(F)c(F)cc1F.